The highest BCUT2D eigenvalue weighted by Crippen LogP contribution is 2.41. The normalized spacial score (nSPS) is 27.5. The van der Waals surface area contributed by atoms with Gasteiger partial charge in [-0.05, 0) is 71.3 Å². The van der Waals surface area contributed by atoms with Crippen molar-refractivity contribution in [1.82, 2.24) is 0 Å². The molecular formula is C15H17BrOS. The zero-order chi connectivity index (χ0) is 12.5. The van der Waals surface area contributed by atoms with Crippen LogP contribution in [0.3, 0.4) is 0 Å². The molecule has 0 N–H and O–H groups in total. The van der Waals surface area contributed by atoms with Crippen LogP contribution in [0, 0.1) is 11.8 Å². The monoisotopic (exact) mass is 324 g/mol. The van der Waals surface area contributed by atoms with E-state index in [9.17, 15) is 4.79 Å². The lowest BCUT2D eigenvalue weighted by Gasteiger charge is -2.15. The van der Waals surface area contributed by atoms with Gasteiger partial charge in [-0.25, -0.2) is 0 Å². The van der Waals surface area contributed by atoms with Crippen LogP contribution in [0.1, 0.15) is 43.4 Å². The van der Waals surface area contributed by atoms with Gasteiger partial charge in [0.25, 0.3) is 0 Å². The standard InChI is InChI=1S/C15H17BrOS/c16-14-8-6-12(18-14)9-11-5-7-13(15(11)17)10-3-1-2-4-10/h6,8-10,13H,1-5,7H2/b11-9+. The minimum atomic E-state index is 0.335. The summed E-state index contributed by atoms with van der Waals surface area (Å²) in [5, 5.41) is 0. The number of allylic oxidation sites excluding steroid dienone is 1. The molecule has 1 nitrogen and oxygen atoms in total. The van der Waals surface area contributed by atoms with Crippen molar-refractivity contribution >= 4 is 39.1 Å². The van der Waals surface area contributed by atoms with Gasteiger partial charge in [0.1, 0.15) is 0 Å². The second-order valence-corrected chi connectivity index (χ2v) is 7.86. The summed E-state index contributed by atoms with van der Waals surface area (Å²) in [4.78, 5) is 13.6. The predicted molar refractivity (Wildman–Crippen MR) is 79.7 cm³/mol. The third kappa shape index (κ3) is 2.48. The molecule has 2 saturated carbocycles. The largest absolute Gasteiger partial charge is 0.294 e. The van der Waals surface area contributed by atoms with Crippen molar-refractivity contribution in [2.45, 2.75) is 38.5 Å². The van der Waals surface area contributed by atoms with Crippen LogP contribution in [0.25, 0.3) is 6.08 Å². The van der Waals surface area contributed by atoms with Crippen LogP contribution in [-0.2, 0) is 4.79 Å². The second-order valence-electron chi connectivity index (χ2n) is 5.37. The summed E-state index contributed by atoms with van der Waals surface area (Å²) in [7, 11) is 0. The van der Waals surface area contributed by atoms with Crippen LogP contribution >= 0.6 is 27.3 Å². The summed E-state index contributed by atoms with van der Waals surface area (Å²) in [6, 6.07) is 4.13. The highest BCUT2D eigenvalue weighted by Gasteiger charge is 2.36. The molecule has 1 heterocycles. The minimum absolute atomic E-state index is 0.335. The second kappa shape index (κ2) is 5.30. The molecule has 0 aliphatic heterocycles. The maximum Gasteiger partial charge on any atom is 0.162 e. The molecule has 0 amide bonds. The number of Topliss-reactive ketones (excluding diaryl/α,β-unsaturated/α-hetero) is 1. The first-order chi connectivity index (χ1) is 8.74. The van der Waals surface area contributed by atoms with Crippen molar-refractivity contribution in [2.24, 2.45) is 11.8 Å². The molecule has 0 saturated heterocycles. The first-order valence-electron chi connectivity index (χ1n) is 6.74. The summed E-state index contributed by atoms with van der Waals surface area (Å²) < 4.78 is 1.13. The molecule has 1 unspecified atom stereocenters. The van der Waals surface area contributed by atoms with Gasteiger partial charge in [0.15, 0.2) is 5.78 Å². The van der Waals surface area contributed by atoms with E-state index in [0.717, 1.165) is 22.2 Å². The summed E-state index contributed by atoms with van der Waals surface area (Å²) >= 11 is 5.16. The SMILES string of the molecule is O=C1/C(=C/c2ccc(Br)s2)CCC1C1CCCC1. The van der Waals surface area contributed by atoms with Crippen LogP contribution in [0.15, 0.2) is 21.5 Å². The van der Waals surface area contributed by atoms with Gasteiger partial charge in [-0.1, -0.05) is 12.8 Å². The van der Waals surface area contributed by atoms with Gasteiger partial charge >= 0.3 is 0 Å². The molecule has 3 heteroatoms. The maximum atomic E-state index is 12.4. The molecule has 0 radical (unpaired) electrons. The van der Waals surface area contributed by atoms with Gasteiger partial charge < -0.3 is 0 Å². The van der Waals surface area contributed by atoms with Gasteiger partial charge in [0.05, 0.1) is 3.79 Å². The number of hydrogen-bond acceptors (Lipinski definition) is 2. The van der Waals surface area contributed by atoms with E-state index in [4.69, 9.17) is 0 Å². The zero-order valence-corrected chi connectivity index (χ0v) is 12.7. The van der Waals surface area contributed by atoms with E-state index in [1.807, 2.05) is 6.07 Å². The Hall–Kier alpha value is -0.410. The van der Waals surface area contributed by atoms with E-state index in [0.29, 0.717) is 17.6 Å². The van der Waals surface area contributed by atoms with Gasteiger partial charge in [-0.2, -0.15) is 0 Å². The first-order valence-corrected chi connectivity index (χ1v) is 8.35. The highest BCUT2D eigenvalue weighted by molar-refractivity contribution is 9.11. The van der Waals surface area contributed by atoms with Gasteiger partial charge in [0.2, 0.25) is 0 Å². The number of hydrogen-bond donors (Lipinski definition) is 0. The molecule has 2 fully saturated rings. The molecule has 1 aromatic rings. The number of carbonyl (C=O) groups is 1. The molecule has 1 atom stereocenters. The van der Waals surface area contributed by atoms with Crippen LogP contribution in [0.5, 0.6) is 0 Å². The molecule has 1 aromatic heterocycles. The number of rotatable bonds is 2. The van der Waals surface area contributed by atoms with Crippen molar-refractivity contribution in [3.63, 3.8) is 0 Å². The van der Waals surface area contributed by atoms with Gasteiger partial charge in [0, 0.05) is 10.8 Å². The quantitative estimate of drug-likeness (QED) is 0.694. The van der Waals surface area contributed by atoms with Crippen LogP contribution in [0.2, 0.25) is 0 Å². The topological polar surface area (TPSA) is 17.1 Å². The fourth-order valence-corrected chi connectivity index (χ4v) is 4.73. The van der Waals surface area contributed by atoms with Crippen molar-refractivity contribution in [3.8, 4) is 0 Å². The van der Waals surface area contributed by atoms with E-state index in [1.165, 1.54) is 30.6 Å². The lowest BCUT2D eigenvalue weighted by molar-refractivity contribution is -0.119. The smallest absolute Gasteiger partial charge is 0.162 e. The van der Waals surface area contributed by atoms with E-state index in [-0.39, 0.29) is 0 Å². The van der Waals surface area contributed by atoms with E-state index >= 15 is 0 Å². The maximum absolute atomic E-state index is 12.4. The molecule has 3 rings (SSSR count). The number of ketones is 1. The molecular weight excluding hydrogens is 308 g/mol. The molecule has 96 valence electrons. The Balaban J connectivity index is 1.75. The molecule has 18 heavy (non-hydrogen) atoms. The van der Waals surface area contributed by atoms with Gasteiger partial charge in [-0.15, -0.1) is 11.3 Å². The zero-order valence-electron chi connectivity index (χ0n) is 10.3. The summed E-state index contributed by atoms with van der Waals surface area (Å²) in [5.74, 6) is 1.45. The van der Waals surface area contributed by atoms with Crippen molar-refractivity contribution in [1.29, 1.82) is 0 Å². The van der Waals surface area contributed by atoms with Crippen LogP contribution in [-0.4, -0.2) is 5.78 Å². The van der Waals surface area contributed by atoms with Crippen LogP contribution < -0.4 is 0 Å². The fraction of sp³-hybridized carbons (Fsp3) is 0.533. The number of carbonyl (C=O) groups excluding carboxylic acids is 1. The third-order valence-corrected chi connectivity index (χ3v) is 5.83. The Bertz CT molecular complexity index is 482. The summed E-state index contributed by atoms with van der Waals surface area (Å²) in [6.07, 6.45) is 9.36. The highest BCUT2D eigenvalue weighted by atomic mass is 79.9. The summed E-state index contributed by atoms with van der Waals surface area (Å²) in [6.45, 7) is 0. The third-order valence-electron chi connectivity index (χ3n) is 4.26. The average Bonchev–Trinajstić information content (AvgIpc) is 3.04. The fourth-order valence-electron chi connectivity index (χ4n) is 3.33. The molecule has 0 aromatic carbocycles. The molecule has 0 spiro atoms. The van der Waals surface area contributed by atoms with Crippen LogP contribution in [0.4, 0.5) is 0 Å². The summed E-state index contributed by atoms with van der Waals surface area (Å²) in [5.41, 5.74) is 1.06. The predicted octanol–water partition coefficient (Wildman–Crippen LogP) is 5.06. The van der Waals surface area contributed by atoms with Crippen molar-refractivity contribution in [3.05, 3.63) is 26.4 Å². The van der Waals surface area contributed by atoms with Gasteiger partial charge in [-0.3, -0.25) is 4.79 Å². The van der Waals surface area contributed by atoms with E-state index in [1.54, 1.807) is 11.3 Å². The van der Waals surface area contributed by atoms with Crippen molar-refractivity contribution in [2.75, 3.05) is 0 Å². The average molecular weight is 325 g/mol. The Morgan fingerprint density at radius 2 is 2.00 bits per heavy atom. The Kier molecular flexibility index (Phi) is 3.71. The number of thiophene rings is 1. The lowest BCUT2D eigenvalue weighted by Crippen LogP contribution is -2.16. The Morgan fingerprint density at radius 3 is 2.67 bits per heavy atom. The Morgan fingerprint density at radius 1 is 1.22 bits per heavy atom. The van der Waals surface area contributed by atoms with Crippen molar-refractivity contribution < 1.29 is 4.79 Å². The minimum Gasteiger partial charge on any atom is -0.294 e. The Labute approximate surface area is 120 Å². The first kappa shape index (κ1) is 12.6. The molecule has 0 bridgehead atoms. The lowest BCUT2D eigenvalue weighted by atomic mass is 9.88. The van der Waals surface area contributed by atoms with E-state index < -0.39 is 0 Å². The number of halogens is 1. The van der Waals surface area contributed by atoms with E-state index in [2.05, 4.69) is 28.1 Å². The molecule has 2 aliphatic rings. The molecule has 2 aliphatic carbocycles.